The first-order chi connectivity index (χ1) is 11.1. The van der Waals surface area contributed by atoms with Crippen molar-refractivity contribution in [2.75, 3.05) is 0 Å². The van der Waals surface area contributed by atoms with Crippen LogP contribution in [0.4, 0.5) is 0 Å². The Balaban J connectivity index is 2.12. The van der Waals surface area contributed by atoms with Gasteiger partial charge < -0.3 is 5.11 Å². The van der Waals surface area contributed by atoms with Gasteiger partial charge in [-0.1, -0.05) is 68.3 Å². The van der Waals surface area contributed by atoms with Gasteiger partial charge in [-0.2, -0.15) is 0 Å². The molecule has 4 rings (SSSR count). The highest BCUT2D eigenvalue weighted by atomic mass is 79.9. The molecule has 1 N–H and O–H groups in total. The molecule has 0 atom stereocenters. The van der Waals surface area contributed by atoms with Crippen molar-refractivity contribution in [1.29, 1.82) is 0 Å². The molecule has 112 valence electrons. The average Bonchev–Trinajstić information content (AvgIpc) is 2.54. The van der Waals surface area contributed by atoms with Crippen molar-refractivity contribution in [3.63, 3.8) is 0 Å². The minimum Gasteiger partial charge on any atom is -0.507 e. The van der Waals surface area contributed by atoms with E-state index in [1.165, 1.54) is 0 Å². The van der Waals surface area contributed by atoms with Gasteiger partial charge in [0.05, 0.1) is 0 Å². The van der Waals surface area contributed by atoms with E-state index < -0.39 is 0 Å². The van der Waals surface area contributed by atoms with E-state index in [1.54, 1.807) is 6.07 Å². The van der Waals surface area contributed by atoms with E-state index in [-0.39, 0.29) is 0 Å². The van der Waals surface area contributed by atoms with Gasteiger partial charge in [0.15, 0.2) is 0 Å². The van der Waals surface area contributed by atoms with E-state index >= 15 is 0 Å². The summed E-state index contributed by atoms with van der Waals surface area (Å²) in [5.41, 5.74) is 1.92. The van der Waals surface area contributed by atoms with Crippen LogP contribution in [0.1, 0.15) is 0 Å². The second-order valence-corrected chi connectivity index (χ2v) is 7.33. The fourth-order valence-corrected chi connectivity index (χ4v) is 3.80. The summed E-state index contributed by atoms with van der Waals surface area (Å²) in [4.78, 5) is 0. The molecule has 0 saturated heterocycles. The minimum absolute atomic E-state index is 0.301. The normalized spacial score (nSPS) is 11.2. The van der Waals surface area contributed by atoms with Gasteiger partial charge in [-0.3, -0.25) is 0 Å². The maximum Gasteiger partial charge on any atom is 0.124 e. The summed E-state index contributed by atoms with van der Waals surface area (Å²) in [5, 5.41) is 14.9. The quantitative estimate of drug-likeness (QED) is 0.350. The summed E-state index contributed by atoms with van der Waals surface area (Å²) in [6.07, 6.45) is 0. The Morgan fingerprint density at radius 3 is 2.04 bits per heavy atom. The molecule has 0 bridgehead atoms. The lowest BCUT2D eigenvalue weighted by Gasteiger charge is -2.13. The molecule has 1 nitrogen and oxygen atoms in total. The maximum atomic E-state index is 10.5. The highest BCUT2D eigenvalue weighted by Gasteiger charge is 2.12. The summed E-state index contributed by atoms with van der Waals surface area (Å²) in [6, 6.07) is 22.2. The van der Waals surface area contributed by atoms with Crippen molar-refractivity contribution in [1.82, 2.24) is 0 Å². The van der Waals surface area contributed by atoms with Crippen molar-refractivity contribution >= 4 is 53.4 Å². The number of hydrogen-bond acceptors (Lipinski definition) is 1. The summed E-state index contributed by atoms with van der Waals surface area (Å²) in [7, 11) is 0. The lowest BCUT2D eigenvalue weighted by Crippen LogP contribution is -1.86. The number of phenolic OH excluding ortho intramolecular Hbond substituents is 1. The third-order valence-corrected chi connectivity index (χ3v) is 5.06. The summed E-state index contributed by atoms with van der Waals surface area (Å²) in [6.45, 7) is 0. The largest absolute Gasteiger partial charge is 0.507 e. The molecule has 0 heterocycles. The van der Waals surface area contributed by atoms with Crippen LogP contribution in [0.2, 0.25) is 0 Å². The predicted octanol–water partition coefficient (Wildman–Crippen LogP) is 6.89. The Kier molecular flexibility index (Phi) is 3.63. The number of aromatic hydroxyl groups is 1. The van der Waals surface area contributed by atoms with Crippen LogP contribution in [0.15, 0.2) is 75.7 Å². The van der Waals surface area contributed by atoms with E-state index in [0.29, 0.717) is 5.75 Å². The number of benzene rings is 4. The van der Waals surface area contributed by atoms with E-state index in [2.05, 4.69) is 62.2 Å². The monoisotopic (exact) mass is 426 g/mol. The molecule has 4 aromatic rings. The predicted molar refractivity (Wildman–Crippen MR) is 104 cm³/mol. The SMILES string of the molecule is Oc1ccc2cc(Br)ccc2c1-c1cccc2cc(Br)ccc12. The van der Waals surface area contributed by atoms with Crippen molar-refractivity contribution in [3.8, 4) is 16.9 Å². The Labute approximate surface area is 150 Å². The summed E-state index contributed by atoms with van der Waals surface area (Å²) < 4.78 is 2.08. The molecule has 0 aliphatic heterocycles. The highest BCUT2D eigenvalue weighted by molar-refractivity contribution is 9.10. The topological polar surface area (TPSA) is 20.2 Å². The Bertz CT molecular complexity index is 1050. The van der Waals surface area contributed by atoms with Crippen LogP contribution in [0, 0.1) is 0 Å². The molecule has 0 amide bonds. The number of hydrogen-bond donors (Lipinski definition) is 1. The van der Waals surface area contributed by atoms with E-state index in [0.717, 1.165) is 41.6 Å². The molecule has 23 heavy (non-hydrogen) atoms. The number of phenols is 1. The first-order valence-corrected chi connectivity index (χ1v) is 8.82. The van der Waals surface area contributed by atoms with Gasteiger partial charge in [-0.15, -0.1) is 0 Å². The lowest BCUT2D eigenvalue weighted by molar-refractivity contribution is 0.478. The van der Waals surface area contributed by atoms with Crippen molar-refractivity contribution < 1.29 is 5.11 Å². The smallest absolute Gasteiger partial charge is 0.124 e. The lowest BCUT2D eigenvalue weighted by atomic mass is 9.93. The third kappa shape index (κ3) is 2.54. The van der Waals surface area contributed by atoms with Crippen LogP contribution in [0.5, 0.6) is 5.75 Å². The number of fused-ring (bicyclic) bond motifs is 2. The minimum atomic E-state index is 0.301. The van der Waals surface area contributed by atoms with Crippen molar-refractivity contribution in [3.05, 3.63) is 75.7 Å². The first kappa shape index (κ1) is 14.7. The number of halogens is 2. The highest BCUT2D eigenvalue weighted by Crippen LogP contribution is 2.40. The van der Waals surface area contributed by atoms with Gasteiger partial charge >= 0.3 is 0 Å². The van der Waals surface area contributed by atoms with Crippen LogP contribution in [0.25, 0.3) is 32.7 Å². The molecule has 4 aromatic carbocycles. The van der Waals surface area contributed by atoms with E-state index in [1.807, 2.05) is 30.3 Å². The fourth-order valence-electron chi connectivity index (χ4n) is 3.04. The molecule has 0 aromatic heterocycles. The van der Waals surface area contributed by atoms with Crippen LogP contribution in [-0.2, 0) is 0 Å². The fraction of sp³-hybridized carbons (Fsp3) is 0. The standard InChI is InChI=1S/C20H12Br2O/c21-14-5-7-16-12(10-14)2-1-3-18(16)20-17-8-6-15(22)11-13(17)4-9-19(20)23/h1-11,23H. The van der Waals surface area contributed by atoms with Gasteiger partial charge in [0.25, 0.3) is 0 Å². The molecule has 0 fully saturated rings. The molecule has 0 unspecified atom stereocenters. The van der Waals surface area contributed by atoms with Gasteiger partial charge in [0.1, 0.15) is 5.75 Å². The Morgan fingerprint density at radius 2 is 1.30 bits per heavy atom. The molecule has 0 radical (unpaired) electrons. The maximum absolute atomic E-state index is 10.5. The van der Waals surface area contributed by atoms with E-state index in [4.69, 9.17) is 0 Å². The van der Waals surface area contributed by atoms with E-state index in [9.17, 15) is 5.11 Å². The van der Waals surface area contributed by atoms with Crippen LogP contribution in [0.3, 0.4) is 0 Å². The van der Waals surface area contributed by atoms with Gasteiger partial charge in [0, 0.05) is 14.5 Å². The molecule has 0 aliphatic rings. The van der Waals surface area contributed by atoms with Crippen LogP contribution in [-0.4, -0.2) is 5.11 Å². The number of rotatable bonds is 1. The summed E-state index contributed by atoms with van der Waals surface area (Å²) >= 11 is 7.03. The van der Waals surface area contributed by atoms with Gasteiger partial charge in [0.2, 0.25) is 0 Å². The molecular weight excluding hydrogens is 416 g/mol. The second-order valence-electron chi connectivity index (χ2n) is 5.50. The van der Waals surface area contributed by atoms with Crippen molar-refractivity contribution in [2.24, 2.45) is 0 Å². The van der Waals surface area contributed by atoms with Crippen LogP contribution < -0.4 is 0 Å². The molecule has 0 spiro atoms. The zero-order valence-electron chi connectivity index (χ0n) is 12.1. The molecule has 3 heteroatoms. The summed E-state index contributed by atoms with van der Waals surface area (Å²) in [5.74, 6) is 0.301. The zero-order chi connectivity index (χ0) is 16.0. The third-order valence-electron chi connectivity index (χ3n) is 4.07. The molecule has 0 aliphatic carbocycles. The van der Waals surface area contributed by atoms with Crippen molar-refractivity contribution in [2.45, 2.75) is 0 Å². The van der Waals surface area contributed by atoms with Gasteiger partial charge in [-0.05, 0) is 57.4 Å². The Morgan fingerprint density at radius 1 is 0.652 bits per heavy atom. The zero-order valence-corrected chi connectivity index (χ0v) is 15.2. The van der Waals surface area contributed by atoms with Gasteiger partial charge in [-0.25, -0.2) is 0 Å². The average molecular weight is 428 g/mol. The first-order valence-electron chi connectivity index (χ1n) is 7.23. The van der Waals surface area contributed by atoms with Crippen LogP contribution >= 0.6 is 31.9 Å². The second kappa shape index (κ2) is 5.66. The molecular formula is C20H12Br2O. The molecule has 0 saturated carbocycles. The Hall–Kier alpha value is -1.84.